The minimum Gasteiger partial charge on any atom is -0.397 e. The van der Waals surface area contributed by atoms with Crippen LogP contribution in [0.5, 0.6) is 0 Å². The minimum absolute atomic E-state index is 0.00515. The van der Waals surface area contributed by atoms with Crippen LogP contribution in [0.2, 0.25) is 10.0 Å². The third-order valence-corrected chi connectivity index (χ3v) is 2.76. The van der Waals surface area contributed by atoms with Crippen molar-refractivity contribution >= 4 is 28.9 Å². The summed E-state index contributed by atoms with van der Waals surface area (Å²) in [6.45, 7) is 3.39. The number of anilines is 1. The molecule has 1 rings (SSSR count). The van der Waals surface area contributed by atoms with E-state index in [1.807, 2.05) is 0 Å². The van der Waals surface area contributed by atoms with Crippen LogP contribution in [0.3, 0.4) is 0 Å². The van der Waals surface area contributed by atoms with Crippen molar-refractivity contribution in [2.45, 2.75) is 19.8 Å². The molecule has 0 aromatic heterocycles. The maximum absolute atomic E-state index is 13.4. The molecule has 2 N–H and O–H groups in total. The van der Waals surface area contributed by atoms with Crippen LogP contribution < -0.4 is 5.73 Å². The third kappa shape index (κ3) is 1.66. The van der Waals surface area contributed by atoms with E-state index in [1.165, 1.54) is 0 Å². The van der Waals surface area contributed by atoms with Crippen molar-refractivity contribution < 1.29 is 8.78 Å². The monoisotopic (exact) mass is 239 g/mol. The molecule has 0 aliphatic heterocycles. The Morgan fingerprint density at radius 1 is 1.07 bits per heavy atom. The Balaban J connectivity index is 3.60. The summed E-state index contributed by atoms with van der Waals surface area (Å²) in [5, 5.41) is -0.597. The topological polar surface area (TPSA) is 26.0 Å². The second-order valence-electron chi connectivity index (χ2n) is 3.24. The Bertz CT molecular complexity index is 349. The molecule has 14 heavy (non-hydrogen) atoms. The van der Waals surface area contributed by atoms with Crippen LogP contribution in [-0.4, -0.2) is 0 Å². The van der Waals surface area contributed by atoms with Crippen molar-refractivity contribution in [2.75, 3.05) is 5.73 Å². The molecule has 1 aromatic carbocycles. The minimum atomic E-state index is -1.14. The van der Waals surface area contributed by atoms with Gasteiger partial charge in [-0.05, 0) is 5.92 Å². The van der Waals surface area contributed by atoms with Crippen molar-refractivity contribution in [3.8, 4) is 0 Å². The van der Waals surface area contributed by atoms with Gasteiger partial charge in [-0.15, -0.1) is 0 Å². The Morgan fingerprint density at radius 2 is 1.57 bits per heavy atom. The first-order valence-electron chi connectivity index (χ1n) is 3.99. The normalized spacial score (nSPS) is 11.1. The Hall–Kier alpha value is -0.540. The molecule has 0 fully saturated rings. The lowest BCUT2D eigenvalue weighted by atomic mass is 10.0. The Labute approximate surface area is 90.8 Å². The van der Waals surface area contributed by atoms with Crippen molar-refractivity contribution in [2.24, 2.45) is 0 Å². The molecule has 0 heterocycles. The third-order valence-electron chi connectivity index (χ3n) is 1.92. The van der Waals surface area contributed by atoms with Crippen LogP contribution in [0.25, 0.3) is 0 Å². The van der Waals surface area contributed by atoms with Gasteiger partial charge < -0.3 is 5.73 Å². The van der Waals surface area contributed by atoms with Crippen molar-refractivity contribution in [3.05, 3.63) is 27.2 Å². The summed E-state index contributed by atoms with van der Waals surface area (Å²) in [5.74, 6) is -2.42. The van der Waals surface area contributed by atoms with Gasteiger partial charge in [0.05, 0.1) is 10.7 Å². The van der Waals surface area contributed by atoms with Gasteiger partial charge in [-0.1, -0.05) is 37.0 Å². The number of benzene rings is 1. The van der Waals surface area contributed by atoms with Crippen LogP contribution >= 0.6 is 23.2 Å². The van der Waals surface area contributed by atoms with Crippen LogP contribution in [0, 0.1) is 11.6 Å². The Morgan fingerprint density at radius 3 is 2.00 bits per heavy atom. The predicted molar refractivity (Wildman–Crippen MR) is 54.9 cm³/mol. The van der Waals surface area contributed by atoms with E-state index in [1.54, 1.807) is 13.8 Å². The summed E-state index contributed by atoms with van der Waals surface area (Å²) in [6.07, 6.45) is 0. The van der Waals surface area contributed by atoms with E-state index in [0.29, 0.717) is 0 Å². The molecular weight excluding hydrogens is 231 g/mol. The van der Waals surface area contributed by atoms with E-state index in [-0.39, 0.29) is 22.2 Å². The zero-order chi connectivity index (χ0) is 11.0. The van der Waals surface area contributed by atoms with E-state index < -0.39 is 16.7 Å². The SMILES string of the molecule is CC(C)c1c(N)c(Cl)c(Cl)c(F)c1F. The second-order valence-corrected chi connectivity index (χ2v) is 3.99. The molecule has 1 nitrogen and oxygen atoms in total. The highest BCUT2D eigenvalue weighted by atomic mass is 35.5. The average molecular weight is 240 g/mol. The lowest BCUT2D eigenvalue weighted by Gasteiger charge is -2.14. The van der Waals surface area contributed by atoms with Gasteiger partial charge in [0.1, 0.15) is 5.02 Å². The van der Waals surface area contributed by atoms with E-state index in [9.17, 15) is 8.78 Å². The molecule has 0 spiro atoms. The number of halogens is 4. The lowest BCUT2D eigenvalue weighted by Crippen LogP contribution is -2.04. The van der Waals surface area contributed by atoms with E-state index >= 15 is 0 Å². The quantitative estimate of drug-likeness (QED) is 0.448. The molecule has 0 saturated carbocycles. The highest BCUT2D eigenvalue weighted by Gasteiger charge is 2.22. The van der Waals surface area contributed by atoms with Crippen LogP contribution in [0.1, 0.15) is 25.3 Å². The molecule has 0 atom stereocenters. The summed E-state index contributed by atoms with van der Waals surface area (Å²) in [6, 6.07) is 0. The number of nitrogen functional groups attached to an aromatic ring is 1. The lowest BCUT2D eigenvalue weighted by molar-refractivity contribution is 0.495. The van der Waals surface area contributed by atoms with Crippen molar-refractivity contribution in [1.29, 1.82) is 0 Å². The molecule has 0 unspecified atom stereocenters. The fourth-order valence-corrected chi connectivity index (χ4v) is 1.60. The number of hydrogen-bond acceptors (Lipinski definition) is 1. The van der Waals surface area contributed by atoms with Crippen molar-refractivity contribution in [1.82, 2.24) is 0 Å². The first-order valence-corrected chi connectivity index (χ1v) is 4.74. The summed E-state index contributed by atoms with van der Waals surface area (Å²) < 4.78 is 26.5. The standard InChI is InChI=1S/C9H9Cl2F2N/c1-3(2)4-7(12)8(13)5(10)6(11)9(4)14/h3H,14H2,1-2H3. The van der Waals surface area contributed by atoms with Gasteiger partial charge in [-0.3, -0.25) is 0 Å². The zero-order valence-electron chi connectivity index (χ0n) is 7.67. The summed E-state index contributed by atoms with van der Waals surface area (Å²) in [5.41, 5.74) is 5.60. The Kier molecular flexibility index (Phi) is 3.22. The maximum Gasteiger partial charge on any atom is 0.179 e. The van der Waals surface area contributed by atoms with Gasteiger partial charge in [0.2, 0.25) is 0 Å². The predicted octanol–water partition coefficient (Wildman–Crippen LogP) is 3.98. The van der Waals surface area contributed by atoms with Gasteiger partial charge in [0, 0.05) is 5.56 Å². The summed E-state index contributed by atoms with van der Waals surface area (Å²) in [7, 11) is 0. The molecule has 0 saturated heterocycles. The number of rotatable bonds is 1. The van der Waals surface area contributed by atoms with Gasteiger partial charge in [0.15, 0.2) is 11.6 Å². The molecule has 0 radical (unpaired) electrons. The van der Waals surface area contributed by atoms with Gasteiger partial charge >= 0.3 is 0 Å². The molecule has 5 heteroatoms. The zero-order valence-corrected chi connectivity index (χ0v) is 9.18. The first-order chi connectivity index (χ1) is 6.37. The van der Waals surface area contributed by atoms with E-state index in [0.717, 1.165) is 0 Å². The highest BCUT2D eigenvalue weighted by Crippen LogP contribution is 2.38. The smallest absolute Gasteiger partial charge is 0.179 e. The fraction of sp³-hybridized carbons (Fsp3) is 0.333. The molecule has 0 bridgehead atoms. The summed E-state index contributed by atoms with van der Waals surface area (Å²) >= 11 is 11.1. The molecule has 0 amide bonds. The molecule has 1 aromatic rings. The van der Waals surface area contributed by atoms with E-state index in [2.05, 4.69) is 0 Å². The number of hydrogen-bond donors (Lipinski definition) is 1. The average Bonchev–Trinajstić information content (AvgIpc) is 2.11. The largest absolute Gasteiger partial charge is 0.397 e. The van der Waals surface area contributed by atoms with Gasteiger partial charge in [0.25, 0.3) is 0 Å². The molecule has 0 aliphatic carbocycles. The number of nitrogens with two attached hydrogens (primary N) is 1. The first kappa shape index (κ1) is 11.5. The fourth-order valence-electron chi connectivity index (χ4n) is 1.23. The van der Waals surface area contributed by atoms with Gasteiger partial charge in [-0.25, -0.2) is 8.78 Å². The van der Waals surface area contributed by atoms with E-state index in [4.69, 9.17) is 28.9 Å². The molecular formula is C9H9Cl2F2N. The second kappa shape index (κ2) is 3.91. The highest BCUT2D eigenvalue weighted by molar-refractivity contribution is 6.43. The van der Waals surface area contributed by atoms with Gasteiger partial charge in [-0.2, -0.15) is 0 Å². The maximum atomic E-state index is 13.4. The van der Waals surface area contributed by atoms with Crippen LogP contribution in [0.15, 0.2) is 0 Å². The molecule has 0 aliphatic rings. The van der Waals surface area contributed by atoms with Crippen LogP contribution in [-0.2, 0) is 0 Å². The van der Waals surface area contributed by atoms with Crippen LogP contribution in [0.4, 0.5) is 14.5 Å². The molecule has 78 valence electrons. The summed E-state index contributed by atoms with van der Waals surface area (Å²) in [4.78, 5) is 0. The van der Waals surface area contributed by atoms with Crippen molar-refractivity contribution in [3.63, 3.8) is 0 Å².